The van der Waals surface area contributed by atoms with Crippen LogP contribution in [0.3, 0.4) is 0 Å². The molecule has 6 heteroatoms. The van der Waals surface area contributed by atoms with E-state index in [2.05, 4.69) is 20.6 Å². The highest BCUT2D eigenvalue weighted by Gasteiger charge is 2.17. The highest BCUT2D eigenvalue weighted by Crippen LogP contribution is 2.20. The summed E-state index contributed by atoms with van der Waals surface area (Å²) in [6.07, 6.45) is 0.349. The van der Waals surface area contributed by atoms with Gasteiger partial charge in [-0.3, -0.25) is 0 Å². The number of aromatic hydroxyl groups is 1. The fourth-order valence-corrected chi connectivity index (χ4v) is 1.63. The summed E-state index contributed by atoms with van der Waals surface area (Å²) in [6, 6.07) is 7.05. The van der Waals surface area contributed by atoms with E-state index in [0.29, 0.717) is 18.9 Å². The van der Waals surface area contributed by atoms with E-state index in [0.717, 1.165) is 5.56 Å². The zero-order valence-electron chi connectivity index (χ0n) is 9.50. The van der Waals surface area contributed by atoms with Crippen LogP contribution in [0.5, 0.6) is 5.75 Å². The molecule has 0 spiro atoms. The number of benzene rings is 1. The van der Waals surface area contributed by atoms with Gasteiger partial charge in [0.25, 0.3) is 0 Å². The van der Waals surface area contributed by atoms with Crippen LogP contribution in [0.15, 0.2) is 24.3 Å². The second-order valence-corrected chi connectivity index (χ2v) is 3.59. The predicted octanol–water partition coefficient (Wildman–Crippen LogP) is 1.23. The zero-order valence-corrected chi connectivity index (χ0v) is 9.50. The van der Waals surface area contributed by atoms with Crippen molar-refractivity contribution in [2.24, 2.45) is 0 Å². The highest BCUT2D eigenvalue weighted by atomic mass is 16.5. The number of phenols is 1. The van der Waals surface area contributed by atoms with Gasteiger partial charge in [-0.25, -0.2) is 0 Å². The summed E-state index contributed by atoms with van der Waals surface area (Å²) in [5.74, 6) is 0.765. The third kappa shape index (κ3) is 3.01. The van der Waals surface area contributed by atoms with Crippen molar-refractivity contribution in [3.8, 4) is 5.75 Å². The van der Waals surface area contributed by atoms with Crippen LogP contribution in [-0.4, -0.2) is 32.3 Å². The summed E-state index contributed by atoms with van der Waals surface area (Å²) in [7, 11) is 0. The smallest absolute Gasteiger partial charge is 0.203 e. The van der Waals surface area contributed by atoms with Gasteiger partial charge in [0.05, 0.1) is 0 Å². The number of aromatic amines is 1. The van der Waals surface area contributed by atoms with Crippen LogP contribution in [0.25, 0.3) is 0 Å². The molecule has 0 fully saturated rings. The van der Waals surface area contributed by atoms with Gasteiger partial charge in [-0.05, 0) is 24.6 Å². The Bertz CT molecular complexity index is 458. The summed E-state index contributed by atoms with van der Waals surface area (Å²) in [4.78, 5) is 0. The molecule has 6 nitrogen and oxygen atoms in total. The van der Waals surface area contributed by atoms with Crippen LogP contribution in [0.2, 0.25) is 0 Å². The van der Waals surface area contributed by atoms with Crippen LogP contribution in [0.4, 0.5) is 0 Å². The Morgan fingerprint density at radius 2 is 2.35 bits per heavy atom. The summed E-state index contributed by atoms with van der Waals surface area (Å²) in [5, 5.41) is 23.2. The first-order chi connectivity index (χ1) is 8.29. The second-order valence-electron chi connectivity index (χ2n) is 3.59. The van der Waals surface area contributed by atoms with E-state index in [4.69, 9.17) is 4.74 Å². The number of H-pyrrole nitrogens is 1. The molecule has 1 aromatic carbocycles. The molecular formula is C11H14N4O2. The number of hydrogen-bond acceptors (Lipinski definition) is 5. The van der Waals surface area contributed by atoms with E-state index in [-0.39, 0.29) is 11.9 Å². The highest BCUT2D eigenvalue weighted by molar-refractivity contribution is 5.27. The number of hydrogen-bond donors (Lipinski definition) is 2. The Kier molecular flexibility index (Phi) is 3.66. The third-order valence-corrected chi connectivity index (χ3v) is 2.35. The third-order valence-electron chi connectivity index (χ3n) is 2.35. The van der Waals surface area contributed by atoms with E-state index in [1.165, 1.54) is 0 Å². The Hall–Kier alpha value is -1.95. The van der Waals surface area contributed by atoms with E-state index in [1.54, 1.807) is 18.2 Å². The van der Waals surface area contributed by atoms with Crippen molar-refractivity contribution in [2.45, 2.75) is 19.4 Å². The van der Waals surface area contributed by atoms with Crippen molar-refractivity contribution in [3.63, 3.8) is 0 Å². The molecule has 1 atom stereocenters. The first-order valence-corrected chi connectivity index (χ1v) is 5.42. The summed E-state index contributed by atoms with van der Waals surface area (Å²) < 4.78 is 5.56. The maximum atomic E-state index is 9.40. The second kappa shape index (κ2) is 5.40. The van der Waals surface area contributed by atoms with Gasteiger partial charge in [-0.15, -0.1) is 10.2 Å². The molecule has 0 aliphatic rings. The maximum Gasteiger partial charge on any atom is 0.203 e. The van der Waals surface area contributed by atoms with Gasteiger partial charge in [-0.2, -0.15) is 5.21 Å². The minimum Gasteiger partial charge on any atom is -0.508 e. The largest absolute Gasteiger partial charge is 0.508 e. The standard InChI is InChI=1S/C11H14N4O2/c1-2-17-10(11-12-14-15-13-11)7-8-4-3-5-9(16)6-8/h3-6,10,16H,2,7H2,1H3,(H,12,13,14,15)/t10-/m0/s1. The van der Waals surface area contributed by atoms with Crippen LogP contribution < -0.4 is 0 Å². The lowest BCUT2D eigenvalue weighted by Crippen LogP contribution is -2.09. The number of rotatable bonds is 5. The lowest BCUT2D eigenvalue weighted by molar-refractivity contribution is 0.0565. The molecule has 1 heterocycles. The first-order valence-electron chi connectivity index (χ1n) is 5.42. The molecule has 2 rings (SSSR count). The number of tetrazole rings is 1. The minimum absolute atomic E-state index is 0.242. The first kappa shape index (κ1) is 11.5. The van der Waals surface area contributed by atoms with Crippen LogP contribution in [0, 0.1) is 0 Å². The molecule has 90 valence electrons. The molecule has 0 saturated heterocycles. The van der Waals surface area contributed by atoms with Gasteiger partial charge in [0.2, 0.25) is 5.82 Å². The predicted molar refractivity (Wildman–Crippen MR) is 60.4 cm³/mol. The fraction of sp³-hybridized carbons (Fsp3) is 0.364. The SMILES string of the molecule is CCO[C@@H](Cc1cccc(O)c1)c1nn[nH]n1. The van der Waals surface area contributed by atoms with E-state index < -0.39 is 0 Å². The van der Waals surface area contributed by atoms with Crippen molar-refractivity contribution in [1.29, 1.82) is 0 Å². The van der Waals surface area contributed by atoms with E-state index in [1.807, 2.05) is 13.0 Å². The number of nitrogens with zero attached hydrogens (tertiary/aromatic N) is 3. The topological polar surface area (TPSA) is 83.9 Å². The Morgan fingerprint density at radius 3 is 3.00 bits per heavy atom. The average molecular weight is 234 g/mol. The van der Waals surface area contributed by atoms with Crippen LogP contribution in [0.1, 0.15) is 24.4 Å². The lowest BCUT2D eigenvalue weighted by Gasteiger charge is -2.13. The molecule has 2 aromatic rings. The Labute approximate surface area is 98.6 Å². The van der Waals surface area contributed by atoms with Gasteiger partial charge in [0, 0.05) is 13.0 Å². The van der Waals surface area contributed by atoms with Gasteiger partial charge in [0.1, 0.15) is 11.9 Å². The minimum atomic E-state index is -0.249. The molecule has 0 aliphatic carbocycles. The summed E-state index contributed by atoms with van der Waals surface area (Å²) >= 11 is 0. The molecular weight excluding hydrogens is 220 g/mol. The number of aromatic nitrogens is 4. The van der Waals surface area contributed by atoms with Gasteiger partial charge >= 0.3 is 0 Å². The van der Waals surface area contributed by atoms with Crippen molar-refractivity contribution >= 4 is 0 Å². The van der Waals surface area contributed by atoms with Crippen LogP contribution in [-0.2, 0) is 11.2 Å². The molecule has 0 saturated carbocycles. The Balaban J connectivity index is 2.13. The normalized spacial score (nSPS) is 12.5. The Morgan fingerprint density at radius 1 is 1.47 bits per heavy atom. The van der Waals surface area contributed by atoms with Crippen molar-refractivity contribution in [2.75, 3.05) is 6.61 Å². The summed E-state index contributed by atoms with van der Waals surface area (Å²) in [6.45, 7) is 2.48. The fourth-order valence-electron chi connectivity index (χ4n) is 1.63. The quantitative estimate of drug-likeness (QED) is 0.812. The average Bonchev–Trinajstić information content (AvgIpc) is 2.82. The summed E-state index contributed by atoms with van der Waals surface area (Å²) in [5.41, 5.74) is 0.966. The number of nitrogens with one attached hydrogen (secondary N) is 1. The zero-order chi connectivity index (χ0) is 12.1. The van der Waals surface area contributed by atoms with Crippen molar-refractivity contribution in [1.82, 2.24) is 20.6 Å². The number of ether oxygens (including phenoxy) is 1. The molecule has 2 N–H and O–H groups in total. The maximum absolute atomic E-state index is 9.40. The molecule has 17 heavy (non-hydrogen) atoms. The molecule has 0 unspecified atom stereocenters. The van der Waals surface area contributed by atoms with Gasteiger partial charge in [0.15, 0.2) is 0 Å². The number of phenolic OH excluding ortho intramolecular Hbond substituents is 1. The van der Waals surface area contributed by atoms with E-state index in [9.17, 15) is 5.11 Å². The van der Waals surface area contributed by atoms with Gasteiger partial charge in [-0.1, -0.05) is 17.3 Å². The van der Waals surface area contributed by atoms with Gasteiger partial charge < -0.3 is 9.84 Å². The van der Waals surface area contributed by atoms with E-state index >= 15 is 0 Å². The molecule has 0 radical (unpaired) electrons. The monoisotopic (exact) mass is 234 g/mol. The molecule has 1 aromatic heterocycles. The molecule has 0 aliphatic heterocycles. The van der Waals surface area contributed by atoms with Crippen molar-refractivity contribution < 1.29 is 9.84 Å². The molecule has 0 bridgehead atoms. The van der Waals surface area contributed by atoms with Crippen molar-refractivity contribution in [3.05, 3.63) is 35.7 Å². The molecule has 0 amide bonds. The van der Waals surface area contributed by atoms with Crippen LogP contribution >= 0.6 is 0 Å². The lowest BCUT2D eigenvalue weighted by atomic mass is 10.1.